The first-order chi connectivity index (χ1) is 11.2. The number of aryl methyl sites for hydroxylation is 1. The molecule has 0 amide bonds. The highest BCUT2D eigenvalue weighted by Crippen LogP contribution is 2.28. The van der Waals surface area contributed by atoms with E-state index in [0.29, 0.717) is 5.02 Å². The summed E-state index contributed by atoms with van der Waals surface area (Å²) in [5, 5.41) is 20.9. The number of aromatic nitrogens is 7. The molecular weight excluding hydrogens is 314 g/mol. The smallest absolute Gasteiger partial charge is 0.162 e. The SMILES string of the molecule is Cn1nnc2ccc(C(c3ccc(Cl)cc3)n3ncnn3)cc21. The van der Waals surface area contributed by atoms with E-state index in [2.05, 4.69) is 25.7 Å². The van der Waals surface area contributed by atoms with Gasteiger partial charge in [0.2, 0.25) is 0 Å². The Morgan fingerprint density at radius 3 is 2.52 bits per heavy atom. The Labute approximate surface area is 136 Å². The Morgan fingerprint density at radius 2 is 1.78 bits per heavy atom. The molecule has 23 heavy (non-hydrogen) atoms. The lowest BCUT2D eigenvalue weighted by Gasteiger charge is -2.16. The zero-order valence-corrected chi connectivity index (χ0v) is 13.0. The van der Waals surface area contributed by atoms with Crippen LogP contribution in [0.3, 0.4) is 0 Å². The quantitative estimate of drug-likeness (QED) is 0.577. The second-order valence-corrected chi connectivity index (χ2v) is 5.61. The van der Waals surface area contributed by atoms with Crippen molar-refractivity contribution in [2.45, 2.75) is 6.04 Å². The van der Waals surface area contributed by atoms with Crippen LogP contribution in [0.25, 0.3) is 11.0 Å². The van der Waals surface area contributed by atoms with Crippen molar-refractivity contribution in [3.63, 3.8) is 0 Å². The average molecular weight is 326 g/mol. The number of halogens is 1. The average Bonchev–Trinajstić information content (AvgIpc) is 3.21. The fourth-order valence-corrected chi connectivity index (χ4v) is 2.74. The molecule has 2 aromatic heterocycles. The van der Waals surface area contributed by atoms with Gasteiger partial charge in [0.15, 0.2) is 6.33 Å². The Bertz CT molecular complexity index is 944. The molecule has 0 aliphatic rings. The number of rotatable bonds is 3. The van der Waals surface area contributed by atoms with Gasteiger partial charge in [-0.3, -0.25) is 0 Å². The second-order valence-electron chi connectivity index (χ2n) is 5.17. The van der Waals surface area contributed by atoms with Gasteiger partial charge in [-0.15, -0.1) is 15.3 Å². The maximum atomic E-state index is 6.00. The lowest BCUT2D eigenvalue weighted by molar-refractivity contribution is 0.505. The lowest BCUT2D eigenvalue weighted by atomic mass is 9.99. The van der Waals surface area contributed by atoms with Gasteiger partial charge < -0.3 is 0 Å². The second kappa shape index (κ2) is 5.44. The van der Waals surface area contributed by atoms with Gasteiger partial charge in [0.05, 0.1) is 5.52 Å². The van der Waals surface area contributed by atoms with Crippen molar-refractivity contribution in [3.05, 3.63) is 64.9 Å². The number of benzene rings is 2. The minimum atomic E-state index is -0.200. The van der Waals surface area contributed by atoms with Gasteiger partial charge in [0.1, 0.15) is 11.6 Å². The van der Waals surface area contributed by atoms with Crippen LogP contribution in [0, 0.1) is 0 Å². The largest absolute Gasteiger partial charge is 0.248 e. The molecule has 4 aromatic rings. The van der Waals surface area contributed by atoms with E-state index in [-0.39, 0.29) is 6.04 Å². The van der Waals surface area contributed by atoms with E-state index in [1.165, 1.54) is 6.33 Å². The van der Waals surface area contributed by atoms with E-state index >= 15 is 0 Å². The highest BCUT2D eigenvalue weighted by Gasteiger charge is 2.19. The van der Waals surface area contributed by atoms with Crippen molar-refractivity contribution < 1.29 is 0 Å². The van der Waals surface area contributed by atoms with Crippen molar-refractivity contribution in [3.8, 4) is 0 Å². The number of tetrazole rings is 1. The summed E-state index contributed by atoms with van der Waals surface area (Å²) in [5.74, 6) is 0. The molecular formula is C15H12ClN7. The van der Waals surface area contributed by atoms with Gasteiger partial charge in [-0.1, -0.05) is 35.0 Å². The molecule has 4 rings (SSSR count). The lowest BCUT2D eigenvalue weighted by Crippen LogP contribution is -2.15. The molecule has 1 unspecified atom stereocenters. The monoisotopic (exact) mass is 325 g/mol. The van der Waals surface area contributed by atoms with E-state index in [0.717, 1.165) is 22.2 Å². The maximum Gasteiger partial charge on any atom is 0.162 e. The van der Waals surface area contributed by atoms with Crippen LogP contribution in [0.1, 0.15) is 17.2 Å². The zero-order chi connectivity index (χ0) is 15.8. The van der Waals surface area contributed by atoms with Crippen LogP contribution >= 0.6 is 11.6 Å². The van der Waals surface area contributed by atoms with Crippen LogP contribution in [0.5, 0.6) is 0 Å². The summed E-state index contributed by atoms with van der Waals surface area (Å²) in [6.45, 7) is 0. The van der Waals surface area contributed by atoms with E-state index in [1.807, 2.05) is 49.5 Å². The zero-order valence-electron chi connectivity index (χ0n) is 12.2. The number of nitrogens with zero attached hydrogens (tertiary/aromatic N) is 7. The molecule has 0 bridgehead atoms. The molecule has 0 spiro atoms. The molecule has 7 nitrogen and oxygen atoms in total. The number of hydrogen-bond donors (Lipinski definition) is 0. The highest BCUT2D eigenvalue weighted by atomic mass is 35.5. The molecule has 2 heterocycles. The molecule has 1 atom stereocenters. The Balaban J connectivity index is 1.89. The first-order valence-corrected chi connectivity index (χ1v) is 7.37. The summed E-state index contributed by atoms with van der Waals surface area (Å²) >= 11 is 6.00. The number of hydrogen-bond acceptors (Lipinski definition) is 5. The van der Waals surface area contributed by atoms with Crippen LogP contribution in [-0.2, 0) is 7.05 Å². The summed E-state index contributed by atoms with van der Waals surface area (Å²) in [6, 6.07) is 13.4. The third-order valence-corrected chi connectivity index (χ3v) is 3.98. The minimum Gasteiger partial charge on any atom is -0.248 e. The van der Waals surface area contributed by atoms with Gasteiger partial charge >= 0.3 is 0 Å². The van der Waals surface area contributed by atoms with Gasteiger partial charge in [-0.25, -0.2) is 4.68 Å². The summed E-state index contributed by atoms with van der Waals surface area (Å²) < 4.78 is 1.74. The maximum absolute atomic E-state index is 6.00. The summed E-state index contributed by atoms with van der Waals surface area (Å²) in [6.07, 6.45) is 1.42. The standard InChI is InChI=1S/C15H12ClN7/c1-22-14-8-11(4-7-13(14)19-21-22)15(23-18-9-17-20-23)10-2-5-12(16)6-3-10/h2-9,15H,1H3. The number of fused-ring (bicyclic) bond motifs is 1. The molecule has 8 heteroatoms. The van der Waals surface area contributed by atoms with Crippen molar-refractivity contribution >= 4 is 22.6 Å². The van der Waals surface area contributed by atoms with Crippen molar-refractivity contribution in [1.29, 1.82) is 0 Å². The normalized spacial score (nSPS) is 12.6. The van der Waals surface area contributed by atoms with E-state index < -0.39 is 0 Å². The van der Waals surface area contributed by atoms with E-state index in [9.17, 15) is 0 Å². The highest BCUT2D eigenvalue weighted by molar-refractivity contribution is 6.30. The molecule has 0 aliphatic carbocycles. The predicted octanol–water partition coefficient (Wildman–Crippen LogP) is 2.25. The molecule has 0 N–H and O–H groups in total. The summed E-state index contributed by atoms with van der Waals surface area (Å²) in [5.41, 5.74) is 3.82. The third kappa shape index (κ3) is 2.44. The molecule has 0 saturated heterocycles. The molecule has 0 radical (unpaired) electrons. The van der Waals surface area contributed by atoms with Gasteiger partial charge in [-0.05, 0) is 40.6 Å². The van der Waals surface area contributed by atoms with Crippen LogP contribution in [0.2, 0.25) is 5.02 Å². The predicted molar refractivity (Wildman–Crippen MR) is 85.0 cm³/mol. The van der Waals surface area contributed by atoms with Crippen LogP contribution in [-0.4, -0.2) is 35.2 Å². The Morgan fingerprint density at radius 1 is 1.00 bits per heavy atom. The van der Waals surface area contributed by atoms with Gasteiger partial charge in [0, 0.05) is 12.1 Å². The molecule has 2 aromatic carbocycles. The van der Waals surface area contributed by atoms with Crippen molar-refractivity contribution in [2.24, 2.45) is 7.05 Å². The van der Waals surface area contributed by atoms with Crippen LogP contribution in [0.4, 0.5) is 0 Å². The molecule has 0 fully saturated rings. The minimum absolute atomic E-state index is 0.200. The van der Waals surface area contributed by atoms with Gasteiger partial charge in [-0.2, -0.15) is 4.80 Å². The van der Waals surface area contributed by atoms with Crippen molar-refractivity contribution in [1.82, 2.24) is 35.2 Å². The summed E-state index contributed by atoms with van der Waals surface area (Å²) in [7, 11) is 1.87. The first-order valence-electron chi connectivity index (χ1n) is 6.99. The first kappa shape index (κ1) is 13.8. The molecule has 0 saturated carbocycles. The Hall–Kier alpha value is -2.80. The summed E-state index contributed by atoms with van der Waals surface area (Å²) in [4.78, 5) is 1.58. The fraction of sp³-hybridized carbons (Fsp3) is 0.133. The fourth-order valence-electron chi connectivity index (χ4n) is 2.62. The van der Waals surface area contributed by atoms with Gasteiger partial charge in [0.25, 0.3) is 0 Å². The molecule has 114 valence electrons. The van der Waals surface area contributed by atoms with Crippen molar-refractivity contribution in [2.75, 3.05) is 0 Å². The Kier molecular flexibility index (Phi) is 3.27. The van der Waals surface area contributed by atoms with Crippen LogP contribution in [0.15, 0.2) is 48.8 Å². The third-order valence-electron chi connectivity index (χ3n) is 3.73. The molecule has 0 aliphatic heterocycles. The van der Waals surface area contributed by atoms with E-state index in [1.54, 1.807) is 9.48 Å². The topological polar surface area (TPSA) is 74.3 Å². The van der Waals surface area contributed by atoms with E-state index in [4.69, 9.17) is 11.6 Å². The van der Waals surface area contributed by atoms with Crippen LogP contribution < -0.4 is 0 Å².